The summed E-state index contributed by atoms with van der Waals surface area (Å²) in [5.41, 5.74) is 0.743. The lowest BCUT2D eigenvalue weighted by atomic mass is 10.1. The molecule has 0 spiro atoms. The Hall–Kier alpha value is -1.64. The second-order valence-electron chi connectivity index (χ2n) is 6.95. The maximum Gasteiger partial charge on any atom is 0.243 e. The van der Waals surface area contributed by atoms with E-state index in [4.69, 9.17) is 0 Å². The molecule has 1 fully saturated rings. The van der Waals surface area contributed by atoms with Crippen LogP contribution in [0.5, 0.6) is 0 Å². The first kappa shape index (κ1) is 17.2. The van der Waals surface area contributed by atoms with Gasteiger partial charge in [-0.2, -0.15) is 9.42 Å². The number of benzene rings is 1. The molecule has 0 unspecified atom stereocenters. The monoisotopic (exact) mass is 349 g/mol. The summed E-state index contributed by atoms with van der Waals surface area (Å²) in [7, 11) is -3.50. The standard InChI is InChI=1S/C16H23N5O2S/c1-16(2,3)20-7-9-21(10-8-20)24(22,23)14-6-4-5-13(11-14)15-17-12-18-19-15/h4-6,11H,7-10,12H2,1-3H3. The van der Waals surface area contributed by atoms with Gasteiger partial charge in [-0.3, -0.25) is 4.90 Å². The second kappa shape index (κ2) is 6.34. The first-order valence-electron chi connectivity index (χ1n) is 8.06. The largest absolute Gasteiger partial charge is 0.296 e. The molecular formula is C16H23N5O2S. The molecule has 8 heteroatoms. The lowest BCUT2D eigenvalue weighted by molar-refractivity contribution is 0.0922. The van der Waals surface area contributed by atoms with Gasteiger partial charge in [0.05, 0.1) is 4.90 Å². The number of aliphatic imine (C=N–C) groups is 1. The van der Waals surface area contributed by atoms with Crippen molar-refractivity contribution in [1.82, 2.24) is 9.21 Å². The highest BCUT2D eigenvalue weighted by molar-refractivity contribution is 7.89. The maximum atomic E-state index is 12.9. The summed E-state index contributed by atoms with van der Waals surface area (Å²) in [6.45, 7) is 9.25. The van der Waals surface area contributed by atoms with Gasteiger partial charge in [-0.25, -0.2) is 13.4 Å². The van der Waals surface area contributed by atoms with Crippen LogP contribution in [0.15, 0.2) is 44.4 Å². The van der Waals surface area contributed by atoms with Crippen LogP contribution in [0.4, 0.5) is 0 Å². The number of nitrogens with zero attached hydrogens (tertiary/aromatic N) is 5. The topological polar surface area (TPSA) is 77.7 Å². The predicted molar refractivity (Wildman–Crippen MR) is 92.8 cm³/mol. The van der Waals surface area contributed by atoms with Gasteiger partial charge < -0.3 is 0 Å². The van der Waals surface area contributed by atoms with Crippen molar-refractivity contribution in [3.63, 3.8) is 0 Å². The number of rotatable bonds is 3. The molecule has 1 aromatic rings. The highest BCUT2D eigenvalue weighted by atomic mass is 32.2. The van der Waals surface area contributed by atoms with Gasteiger partial charge in [-0.15, -0.1) is 5.11 Å². The molecule has 130 valence electrons. The summed E-state index contributed by atoms with van der Waals surface area (Å²) in [6, 6.07) is 6.79. The Balaban J connectivity index is 1.79. The van der Waals surface area contributed by atoms with Gasteiger partial charge >= 0.3 is 0 Å². The molecule has 2 aliphatic heterocycles. The average molecular weight is 349 g/mol. The van der Waals surface area contributed by atoms with Crippen molar-refractivity contribution in [3.05, 3.63) is 29.8 Å². The molecule has 0 aliphatic carbocycles. The Labute approximate surface area is 143 Å². The van der Waals surface area contributed by atoms with Crippen LogP contribution in [0, 0.1) is 0 Å². The predicted octanol–water partition coefficient (Wildman–Crippen LogP) is 1.96. The van der Waals surface area contributed by atoms with Gasteiger partial charge in [0.1, 0.15) is 0 Å². The highest BCUT2D eigenvalue weighted by Gasteiger charge is 2.32. The van der Waals surface area contributed by atoms with Crippen molar-refractivity contribution in [2.45, 2.75) is 31.2 Å². The Morgan fingerprint density at radius 2 is 1.79 bits per heavy atom. The van der Waals surface area contributed by atoms with Crippen molar-refractivity contribution in [2.75, 3.05) is 32.8 Å². The minimum Gasteiger partial charge on any atom is -0.296 e. The first-order chi connectivity index (χ1) is 11.3. The number of azo groups is 1. The SMILES string of the molecule is CC(C)(C)N1CCN(S(=O)(=O)c2cccc(C3=NCN=N3)c2)CC1. The third kappa shape index (κ3) is 3.40. The summed E-state index contributed by atoms with van der Waals surface area (Å²) in [5, 5.41) is 7.75. The van der Waals surface area contributed by atoms with Crippen LogP contribution in [0.1, 0.15) is 26.3 Å². The van der Waals surface area contributed by atoms with Gasteiger partial charge in [-0.05, 0) is 32.9 Å². The summed E-state index contributed by atoms with van der Waals surface area (Å²) >= 11 is 0. The Bertz CT molecular complexity index is 772. The molecule has 0 saturated carbocycles. The number of piperazine rings is 1. The van der Waals surface area contributed by atoms with E-state index in [0.29, 0.717) is 31.2 Å². The van der Waals surface area contributed by atoms with E-state index in [9.17, 15) is 8.42 Å². The van der Waals surface area contributed by atoms with Crippen molar-refractivity contribution < 1.29 is 8.42 Å². The van der Waals surface area contributed by atoms with E-state index in [1.165, 1.54) is 0 Å². The van der Waals surface area contributed by atoms with Crippen molar-refractivity contribution in [1.29, 1.82) is 0 Å². The zero-order valence-corrected chi connectivity index (χ0v) is 15.1. The Morgan fingerprint density at radius 3 is 2.38 bits per heavy atom. The van der Waals surface area contributed by atoms with Crippen LogP contribution < -0.4 is 0 Å². The number of hydrogen-bond acceptors (Lipinski definition) is 6. The minimum atomic E-state index is -3.50. The van der Waals surface area contributed by atoms with E-state index in [-0.39, 0.29) is 10.4 Å². The molecule has 24 heavy (non-hydrogen) atoms. The molecular weight excluding hydrogens is 326 g/mol. The molecule has 0 atom stereocenters. The average Bonchev–Trinajstić information content (AvgIpc) is 3.09. The molecule has 3 rings (SSSR count). The second-order valence-corrected chi connectivity index (χ2v) is 8.89. The van der Waals surface area contributed by atoms with E-state index in [2.05, 4.69) is 40.9 Å². The summed E-state index contributed by atoms with van der Waals surface area (Å²) in [5.74, 6) is 0.490. The fourth-order valence-corrected chi connectivity index (χ4v) is 4.39. The molecule has 0 bridgehead atoms. The summed E-state index contributed by atoms with van der Waals surface area (Å²) in [6.07, 6.45) is 0. The molecule has 0 aromatic heterocycles. The smallest absolute Gasteiger partial charge is 0.243 e. The van der Waals surface area contributed by atoms with E-state index in [1.807, 2.05) is 0 Å². The molecule has 7 nitrogen and oxygen atoms in total. The van der Waals surface area contributed by atoms with Gasteiger partial charge in [0, 0.05) is 37.3 Å². The van der Waals surface area contributed by atoms with Crippen LogP contribution in [0.25, 0.3) is 0 Å². The van der Waals surface area contributed by atoms with Crippen LogP contribution >= 0.6 is 0 Å². The first-order valence-corrected chi connectivity index (χ1v) is 9.50. The molecule has 2 heterocycles. The van der Waals surface area contributed by atoms with E-state index in [0.717, 1.165) is 13.1 Å². The van der Waals surface area contributed by atoms with Gasteiger partial charge in [0.15, 0.2) is 12.5 Å². The zero-order valence-electron chi connectivity index (χ0n) is 14.3. The van der Waals surface area contributed by atoms with Crippen molar-refractivity contribution in [3.8, 4) is 0 Å². The van der Waals surface area contributed by atoms with Crippen LogP contribution in [-0.2, 0) is 10.0 Å². The summed E-state index contributed by atoms with van der Waals surface area (Å²) < 4.78 is 27.4. The third-order valence-corrected chi connectivity index (χ3v) is 6.26. The fraction of sp³-hybridized carbons (Fsp3) is 0.562. The van der Waals surface area contributed by atoms with Gasteiger partial charge in [0.25, 0.3) is 0 Å². The van der Waals surface area contributed by atoms with Crippen LogP contribution in [0.2, 0.25) is 0 Å². The molecule has 1 aromatic carbocycles. The normalized spacial score (nSPS) is 20.4. The van der Waals surface area contributed by atoms with Gasteiger partial charge in [-0.1, -0.05) is 12.1 Å². The number of hydrogen-bond donors (Lipinski definition) is 0. The highest BCUT2D eigenvalue weighted by Crippen LogP contribution is 2.22. The van der Waals surface area contributed by atoms with Crippen LogP contribution in [-0.4, -0.2) is 61.8 Å². The lowest BCUT2D eigenvalue weighted by Gasteiger charge is -2.41. The Morgan fingerprint density at radius 1 is 1.08 bits per heavy atom. The maximum absolute atomic E-state index is 12.9. The lowest BCUT2D eigenvalue weighted by Crippen LogP contribution is -2.54. The van der Waals surface area contributed by atoms with E-state index >= 15 is 0 Å². The van der Waals surface area contributed by atoms with E-state index < -0.39 is 10.0 Å². The molecule has 0 amide bonds. The zero-order chi connectivity index (χ0) is 17.4. The summed E-state index contributed by atoms with van der Waals surface area (Å²) in [4.78, 5) is 6.74. The third-order valence-electron chi connectivity index (χ3n) is 4.37. The molecule has 0 N–H and O–H groups in total. The Kier molecular flexibility index (Phi) is 4.54. The number of sulfonamides is 1. The molecule has 2 aliphatic rings. The van der Waals surface area contributed by atoms with E-state index in [1.54, 1.807) is 28.6 Å². The molecule has 1 saturated heterocycles. The van der Waals surface area contributed by atoms with Crippen LogP contribution in [0.3, 0.4) is 0 Å². The fourth-order valence-electron chi connectivity index (χ4n) is 2.92. The van der Waals surface area contributed by atoms with Gasteiger partial charge in [0.2, 0.25) is 10.0 Å². The van der Waals surface area contributed by atoms with Crippen molar-refractivity contribution >= 4 is 15.9 Å². The quantitative estimate of drug-likeness (QED) is 0.837. The number of amidine groups is 1. The minimum absolute atomic E-state index is 0.0569. The molecule has 0 radical (unpaired) electrons. The van der Waals surface area contributed by atoms with Crippen molar-refractivity contribution in [2.24, 2.45) is 15.2 Å².